The SMILES string of the molecule is Cc1ccncc1-c1ccc(C(=O)CN2C(=O)NC3(CCC(F)(F)CC3)C2=O)n1C. The number of urea groups is 1. The summed E-state index contributed by atoms with van der Waals surface area (Å²) in [5.74, 6) is -3.84. The number of imide groups is 1. The molecule has 0 bridgehead atoms. The number of hydrogen-bond donors (Lipinski definition) is 1. The predicted octanol–water partition coefficient (Wildman–Crippen LogP) is 3.08. The van der Waals surface area contributed by atoms with Crippen LogP contribution >= 0.6 is 0 Å². The van der Waals surface area contributed by atoms with E-state index in [9.17, 15) is 23.2 Å². The highest BCUT2D eigenvalue weighted by Gasteiger charge is 2.55. The Morgan fingerprint density at radius 3 is 2.53 bits per heavy atom. The minimum Gasteiger partial charge on any atom is -0.341 e. The van der Waals surface area contributed by atoms with Crippen LogP contribution in [-0.4, -0.2) is 50.2 Å². The molecule has 2 fully saturated rings. The average Bonchev–Trinajstić information content (AvgIpc) is 3.18. The maximum atomic E-state index is 13.5. The number of carbonyl (C=O) groups is 3. The molecule has 1 N–H and O–H groups in total. The number of nitrogens with one attached hydrogen (secondary N) is 1. The fourth-order valence-corrected chi connectivity index (χ4v) is 4.22. The number of Topliss-reactive ketones (excluding diaryl/α,β-unsaturated/α-hetero) is 1. The van der Waals surface area contributed by atoms with E-state index in [0.717, 1.165) is 21.7 Å². The van der Waals surface area contributed by atoms with Crippen LogP contribution in [0.3, 0.4) is 0 Å². The number of halogens is 2. The molecule has 3 amide bonds. The molecule has 1 aliphatic heterocycles. The Hall–Kier alpha value is -3.10. The second-order valence-corrected chi connectivity index (χ2v) is 8.04. The number of alkyl halides is 2. The Labute approximate surface area is 172 Å². The molecule has 2 aromatic rings. The lowest BCUT2D eigenvalue weighted by Gasteiger charge is -2.34. The number of pyridine rings is 1. The van der Waals surface area contributed by atoms with E-state index in [4.69, 9.17) is 0 Å². The lowest BCUT2D eigenvalue weighted by atomic mass is 9.80. The number of nitrogens with zero attached hydrogens (tertiary/aromatic N) is 3. The topological polar surface area (TPSA) is 84.3 Å². The van der Waals surface area contributed by atoms with Crippen molar-refractivity contribution >= 4 is 17.7 Å². The molecule has 3 heterocycles. The average molecular weight is 416 g/mol. The fourth-order valence-electron chi connectivity index (χ4n) is 4.22. The van der Waals surface area contributed by atoms with Gasteiger partial charge in [-0.05, 0) is 43.5 Å². The van der Waals surface area contributed by atoms with Crippen molar-refractivity contribution in [1.82, 2.24) is 19.8 Å². The smallest absolute Gasteiger partial charge is 0.325 e. The highest BCUT2D eigenvalue weighted by molar-refractivity contribution is 6.11. The standard InChI is InChI=1S/C21H22F2N4O3/c1-13-5-10-24-11-14(13)15-3-4-16(26(15)2)17(28)12-27-18(29)20(25-19(27)30)6-8-21(22,23)9-7-20/h3-5,10-11H,6-9,12H2,1-2H3,(H,25,30). The van der Waals surface area contributed by atoms with Crippen molar-refractivity contribution in [1.29, 1.82) is 0 Å². The van der Waals surface area contributed by atoms with Gasteiger partial charge >= 0.3 is 6.03 Å². The Bertz CT molecular complexity index is 1040. The Kier molecular flexibility index (Phi) is 4.71. The van der Waals surface area contributed by atoms with Crippen molar-refractivity contribution in [2.75, 3.05) is 6.54 Å². The molecule has 7 nitrogen and oxygen atoms in total. The zero-order chi connectivity index (χ0) is 21.7. The first-order chi connectivity index (χ1) is 14.1. The number of amides is 3. The van der Waals surface area contributed by atoms with Gasteiger partial charge in [-0.25, -0.2) is 13.6 Å². The van der Waals surface area contributed by atoms with Gasteiger partial charge in [-0.1, -0.05) is 0 Å². The number of aryl methyl sites for hydroxylation is 1. The van der Waals surface area contributed by atoms with E-state index >= 15 is 0 Å². The van der Waals surface area contributed by atoms with E-state index in [2.05, 4.69) is 10.3 Å². The van der Waals surface area contributed by atoms with Gasteiger partial charge in [0, 0.05) is 37.8 Å². The normalized spacial score (nSPS) is 19.9. The van der Waals surface area contributed by atoms with E-state index in [-0.39, 0.29) is 12.8 Å². The van der Waals surface area contributed by atoms with Crippen LogP contribution in [0.5, 0.6) is 0 Å². The van der Waals surface area contributed by atoms with Crippen LogP contribution in [0.4, 0.5) is 13.6 Å². The largest absolute Gasteiger partial charge is 0.341 e. The minimum absolute atomic E-state index is 0.135. The number of rotatable bonds is 4. The quantitative estimate of drug-likeness (QED) is 0.613. The summed E-state index contributed by atoms with van der Waals surface area (Å²) in [5.41, 5.74) is 1.66. The first-order valence-corrected chi connectivity index (χ1v) is 9.75. The Morgan fingerprint density at radius 2 is 1.87 bits per heavy atom. The molecular weight excluding hydrogens is 394 g/mol. The monoisotopic (exact) mass is 416 g/mol. The first kappa shape index (κ1) is 20.2. The fraction of sp³-hybridized carbons (Fsp3) is 0.429. The van der Waals surface area contributed by atoms with Gasteiger partial charge in [0.1, 0.15) is 5.54 Å². The van der Waals surface area contributed by atoms with Gasteiger partial charge in [0.2, 0.25) is 5.92 Å². The molecule has 0 atom stereocenters. The van der Waals surface area contributed by atoms with Crippen molar-refractivity contribution in [3.8, 4) is 11.3 Å². The zero-order valence-corrected chi connectivity index (χ0v) is 16.7. The Balaban J connectivity index is 1.53. The van der Waals surface area contributed by atoms with Crippen molar-refractivity contribution < 1.29 is 23.2 Å². The van der Waals surface area contributed by atoms with Gasteiger partial charge < -0.3 is 9.88 Å². The van der Waals surface area contributed by atoms with Crippen molar-refractivity contribution in [3.63, 3.8) is 0 Å². The zero-order valence-electron chi connectivity index (χ0n) is 16.7. The number of aromatic nitrogens is 2. The van der Waals surface area contributed by atoms with Crippen LogP contribution in [0.2, 0.25) is 0 Å². The maximum Gasteiger partial charge on any atom is 0.325 e. The van der Waals surface area contributed by atoms with Gasteiger partial charge in [0.05, 0.1) is 17.9 Å². The highest BCUT2D eigenvalue weighted by atomic mass is 19.3. The minimum atomic E-state index is -2.83. The van der Waals surface area contributed by atoms with Crippen molar-refractivity contribution in [2.45, 2.75) is 44.1 Å². The van der Waals surface area contributed by atoms with Crippen LogP contribution in [-0.2, 0) is 11.8 Å². The Morgan fingerprint density at radius 1 is 1.17 bits per heavy atom. The summed E-state index contributed by atoms with van der Waals surface area (Å²) in [7, 11) is 1.73. The predicted molar refractivity (Wildman–Crippen MR) is 104 cm³/mol. The summed E-state index contributed by atoms with van der Waals surface area (Å²) in [4.78, 5) is 43.1. The van der Waals surface area contributed by atoms with Crippen molar-refractivity contribution in [2.24, 2.45) is 7.05 Å². The molecular formula is C21H22F2N4O3. The third kappa shape index (κ3) is 3.28. The molecule has 2 aromatic heterocycles. The molecule has 1 saturated carbocycles. The summed E-state index contributed by atoms with van der Waals surface area (Å²) in [6.45, 7) is 1.50. The van der Waals surface area contributed by atoms with Gasteiger partial charge in [0.25, 0.3) is 5.91 Å². The molecule has 158 valence electrons. The molecule has 9 heteroatoms. The first-order valence-electron chi connectivity index (χ1n) is 9.75. The van der Waals surface area contributed by atoms with Crippen LogP contribution < -0.4 is 5.32 Å². The van der Waals surface area contributed by atoms with E-state index in [0.29, 0.717) is 5.69 Å². The highest BCUT2D eigenvalue weighted by Crippen LogP contribution is 2.41. The molecule has 0 unspecified atom stereocenters. The lowest BCUT2D eigenvalue weighted by Crippen LogP contribution is -2.51. The van der Waals surface area contributed by atoms with E-state index < -0.39 is 48.6 Å². The molecule has 0 aromatic carbocycles. The van der Waals surface area contributed by atoms with E-state index in [1.807, 2.05) is 13.0 Å². The molecule has 30 heavy (non-hydrogen) atoms. The third-order valence-electron chi connectivity index (χ3n) is 6.11. The van der Waals surface area contributed by atoms with E-state index in [1.54, 1.807) is 36.1 Å². The van der Waals surface area contributed by atoms with Gasteiger partial charge in [-0.15, -0.1) is 0 Å². The van der Waals surface area contributed by atoms with Crippen LogP contribution in [0.25, 0.3) is 11.3 Å². The van der Waals surface area contributed by atoms with Crippen LogP contribution in [0.1, 0.15) is 41.7 Å². The maximum absolute atomic E-state index is 13.5. The second kappa shape index (κ2) is 7.00. The molecule has 1 spiro atoms. The van der Waals surface area contributed by atoms with Gasteiger partial charge in [-0.2, -0.15) is 0 Å². The van der Waals surface area contributed by atoms with Gasteiger partial charge in [-0.3, -0.25) is 19.5 Å². The van der Waals surface area contributed by atoms with E-state index in [1.165, 1.54) is 0 Å². The molecule has 4 rings (SSSR count). The summed E-state index contributed by atoms with van der Waals surface area (Å²) >= 11 is 0. The van der Waals surface area contributed by atoms with Crippen molar-refractivity contribution in [3.05, 3.63) is 41.9 Å². The van der Waals surface area contributed by atoms with Crippen LogP contribution in [0, 0.1) is 6.92 Å². The lowest BCUT2D eigenvalue weighted by molar-refractivity contribution is -0.135. The number of carbonyl (C=O) groups excluding carboxylic acids is 3. The number of hydrogen-bond acceptors (Lipinski definition) is 4. The second-order valence-electron chi connectivity index (χ2n) is 8.04. The van der Waals surface area contributed by atoms with Crippen LogP contribution in [0.15, 0.2) is 30.6 Å². The third-order valence-corrected chi connectivity index (χ3v) is 6.11. The molecule has 1 aliphatic carbocycles. The summed E-state index contributed by atoms with van der Waals surface area (Å²) in [6.07, 6.45) is 2.19. The summed E-state index contributed by atoms with van der Waals surface area (Å²) < 4.78 is 28.7. The number of ketones is 1. The molecule has 0 radical (unpaired) electrons. The summed E-state index contributed by atoms with van der Waals surface area (Å²) in [5, 5.41) is 2.55. The van der Waals surface area contributed by atoms with Gasteiger partial charge in [0.15, 0.2) is 5.78 Å². The summed E-state index contributed by atoms with van der Waals surface area (Å²) in [6, 6.07) is 4.58. The molecule has 2 aliphatic rings. The molecule has 1 saturated heterocycles.